The van der Waals surface area contributed by atoms with Gasteiger partial charge in [0.2, 0.25) is 5.91 Å². The van der Waals surface area contributed by atoms with Crippen LogP contribution >= 0.6 is 0 Å². The lowest BCUT2D eigenvalue weighted by molar-refractivity contribution is -0.140. The highest BCUT2D eigenvalue weighted by Crippen LogP contribution is 2.21. The van der Waals surface area contributed by atoms with Crippen LogP contribution in [0.5, 0.6) is 0 Å². The van der Waals surface area contributed by atoms with E-state index in [1.165, 1.54) is 0 Å². The van der Waals surface area contributed by atoms with E-state index in [4.69, 9.17) is 15.6 Å². The lowest BCUT2D eigenvalue weighted by Gasteiger charge is -2.33. The number of hydrogen-bond donors (Lipinski definition) is 2. The molecule has 1 rings (SSSR count). The van der Waals surface area contributed by atoms with Crippen molar-refractivity contribution >= 4 is 5.91 Å². The third kappa shape index (κ3) is 5.33. The maximum absolute atomic E-state index is 12.1. The van der Waals surface area contributed by atoms with Crippen molar-refractivity contribution in [2.75, 3.05) is 26.3 Å². The van der Waals surface area contributed by atoms with Crippen LogP contribution in [-0.4, -0.2) is 54.4 Å². The maximum atomic E-state index is 12.1. The number of aliphatic hydroxyl groups excluding tert-OH is 1. The van der Waals surface area contributed by atoms with Crippen LogP contribution in [0.25, 0.3) is 0 Å². The maximum Gasteiger partial charge on any atom is 0.224 e. The van der Waals surface area contributed by atoms with E-state index in [1.54, 1.807) is 4.90 Å². The zero-order chi connectivity index (χ0) is 13.8. The number of carbonyl (C=O) groups is 1. The first-order valence-corrected chi connectivity index (χ1v) is 6.57. The van der Waals surface area contributed by atoms with E-state index in [-0.39, 0.29) is 30.1 Å². The molecule has 5 heteroatoms. The monoisotopic (exact) mass is 258 g/mol. The smallest absolute Gasteiger partial charge is 0.224 e. The van der Waals surface area contributed by atoms with Crippen LogP contribution in [0, 0.1) is 5.41 Å². The average molecular weight is 258 g/mol. The minimum absolute atomic E-state index is 0.0438. The van der Waals surface area contributed by atoms with Gasteiger partial charge < -0.3 is 20.5 Å². The van der Waals surface area contributed by atoms with Gasteiger partial charge in [-0.1, -0.05) is 20.8 Å². The Labute approximate surface area is 109 Å². The minimum atomic E-state index is -0.249. The van der Waals surface area contributed by atoms with Crippen molar-refractivity contribution in [3.63, 3.8) is 0 Å². The Morgan fingerprint density at radius 1 is 1.56 bits per heavy atom. The zero-order valence-corrected chi connectivity index (χ0v) is 11.7. The quantitative estimate of drug-likeness (QED) is 0.763. The summed E-state index contributed by atoms with van der Waals surface area (Å²) in [5.74, 6) is 0.0634. The predicted octanol–water partition coefficient (Wildman–Crippen LogP) is 0.360. The minimum Gasteiger partial charge on any atom is -0.394 e. The number of aliphatic hydroxyl groups is 1. The van der Waals surface area contributed by atoms with Crippen molar-refractivity contribution in [2.45, 2.75) is 45.8 Å². The van der Waals surface area contributed by atoms with Gasteiger partial charge in [-0.3, -0.25) is 4.79 Å². The SMILES string of the molecule is CC(C)(C)CC(N)CC(=O)N1CCOC(CO)C1. The zero-order valence-electron chi connectivity index (χ0n) is 11.7. The number of ether oxygens (including phenoxy) is 1. The summed E-state index contributed by atoms with van der Waals surface area (Å²) in [7, 11) is 0. The summed E-state index contributed by atoms with van der Waals surface area (Å²) in [5.41, 5.74) is 6.14. The summed E-state index contributed by atoms with van der Waals surface area (Å²) < 4.78 is 5.32. The van der Waals surface area contributed by atoms with Crippen molar-refractivity contribution in [3.8, 4) is 0 Å². The molecule has 2 unspecified atom stereocenters. The summed E-state index contributed by atoms with van der Waals surface area (Å²) >= 11 is 0. The van der Waals surface area contributed by atoms with Crippen molar-refractivity contribution in [2.24, 2.45) is 11.1 Å². The number of hydrogen-bond acceptors (Lipinski definition) is 4. The lowest BCUT2D eigenvalue weighted by Crippen LogP contribution is -2.48. The Morgan fingerprint density at radius 3 is 2.78 bits per heavy atom. The number of nitrogens with two attached hydrogens (primary N) is 1. The summed E-state index contributed by atoms with van der Waals surface area (Å²) in [6.07, 6.45) is 0.948. The lowest BCUT2D eigenvalue weighted by atomic mass is 9.87. The molecule has 5 nitrogen and oxygen atoms in total. The molecule has 1 amide bonds. The molecular weight excluding hydrogens is 232 g/mol. The molecule has 0 bridgehead atoms. The van der Waals surface area contributed by atoms with E-state index in [1.807, 2.05) is 0 Å². The largest absolute Gasteiger partial charge is 0.394 e. The van der Waals surface area contributed by atoms with Gasteiger partial charge in [0.1, 0.15) is 0 Å². The number of amides is 1. The molecule has 0 spiro atoms. The fraction of sp³-hybridized carbons (Fsp3) is 0.923. The molecule has 1 fully saturated rings. The van der Waals surface area contributed by atoms with Gasteiger partial charge in [0.15, 0.2) is 0 Å². The van der Waals surface area contributed by atoms with Gasteiger partial charge in [0.05, 0.1) is 19.3 Å². The molecular formula is C13H26N2O3. The van der Waals surface area contributed by atoms with Gasteiger partial charge in [-0.15, -0.1) is 0 Å². The molecule has 106 valence electrons. The van der Waals surface area contributed by atoms with Gasteiger partial charge >= 0.3 is 0 Å². The normalized spacial score (nSPS) is 22.9. The second-order valence-corrected chi connectivity index (χ2v) is 6.24. The molecule has 18 heavy (non-hydrogen) atoms. The van der Waals surface area contributed by atoms with Crippen LogP contribution in [0.1, 0.15) is 33.6 Å². The Hall–Kier alpha value is -0.650. The first kappa shape index (κ1) is 15.4. The number of carbonyl (C=O) groups excluding carboxylic acids is 1. The predicted molar refractivity (Wildman–Crippen MR) is 70.1 cm³/mol. The Bertz CT molecular complexity index is 276. The topological polar surface area (TPSA) is 75.8 Å². The van der Waals surface area contributed by atoms with Crippen molar-refractivity contribution in [3.05, 3.63) is 0 Å². The van der Waals surface area contributed by atoms with E-state index in [0.717, 1.165) is 6.42 Å². The van der Waals surface area contributed by atoms with Crippen LogP contribution in [-0.2, 0) is 9.53 Å². The molecule has 0 radical (unpaired) electrons. The molecule has 3 N–H and O–H groups in total. The Morgan fingerprint density at radius 2 is 2.22 bits per heavy atom. The molecule has 0 saturated carbocycles. The molecule has 0 aliphatic carbocycles. The van der Waals surface area contributed by atoms with Crippen LogP contribution in [0.4, 0.5) is 0 Å². The highest BCUT2D eigenvalue weighted by atomic mass is 16.5. The van der Waals surface area contributed by atoms with Gasteiger partial charge in [-0.25, -0.2) is 0 Å². The van der Waals surface area contributed by atoms with Crippen LogP contribution in [0.3, 0.4) is 0 Å². The second kappa shape index (κ2) is 6.50. The summed E-state index contributed by atoms with van der Waals surface area (Å²) in [5, 5.41) is 9.04. The highest BCUT2D eigenvalue weighted by molar-refractivity contribution is 5.77. The second-order valence-electron chi connectivity index (χ2n) is 6.24. The molecule has 1 heterocycles. The van der Waals surface area contributed by atoms with Crippen molar-refractivity contribution < 1.29 is 14.6 Å². The fourth-order valence-electron chi connectivity index (χ4n) is 2.27. The molecule has 0 aromatic heterocycles. The molecule has 2 atom stereocenters. The highest BCUT2D eigenvalue weighted by Gasteiger charge is 2.26. The molecule has 1 saturated heterocycles. The van der Waals surface area contributed by atoms with Crippen molar-refractivity contribution in [1.29, 1.82) is 0 Å². The first-order chi connectivity index (χ1) is 8.31. The van der Waals surface area contributed by atoms with Gasteiger partial charge in [-0.2, -0.15) is 0 Å². The standard InChI is InChI=1S/C13H26N2O3/c1-13(2,3)7-10(14)6-12(17)15-4-5-18-11(8-15)9-16/h10-11,16H,4-9,14H2,1-3H3. The third-order valence-electron chi connectivity index (χ3n) is 3.01. The summed E-state index contributed by atoms with van der Waals surface area (Å²) in [6, 6.07) is -0.104. The number of rotatable bonds is 4. The van der Waals surface area contributed by atoms with E-state index in [9.17, 15) is 4.79 Å². The van der Waals surface area contributed by atoms with Crippen LogP contribution in [0.2, 0.25) is 0 Å². The van der Waals surface area contributed by atoms with Crippen LogP contribution < -0.4 is 5.73 Å². The molecule has 1 aliphatic heterocycles. The van der Waals surface area contributed by atoms with E-state index < -0.39 is 0 Å². The summed E-state index contributed by atoms with van der Waals surface area (Å²) in [6.45, 7) is 7.87. The number of morpholine rings is 1. The van der Waals surface area contributed by atoms with E-state index in [0.29, 0.717) is 26.1 Å². The number of nitrogens with zero attached hydrogens (tertiary/aromatic N) is 1. The van der Waals surface area contributed by atoms with E-state index in [2.05, 4.69) is 20.8 Å². The molecule has 1 aliphatic rings. The van der Waals surface area contributed by atoms with E-state index >= 15 is 0 Å². The Kier molecular flexibility index (Phi) is 5.56. The first-order valence-electron chi connectivity index (χ1n) is 6.57. The average Bonchev–Trinajstić information content (AvgIpc) is 2.26. The Balaban J connectivity index is 2.40. The van der Waals surface area contributed by atoms with Gasteiger partial charge in [0, 0.05) is 25.6 Å². The van der Waals surface area contributed by atoms with Gasteiger partial charge in [0.25, 0.3) is 0 Å². The summed E-state index contributed by atoms with van der Waals surface area (Å²) in [4.78, 5) is 13.8. The molecule has 0 aromatic rings. The fourth-order valence-corrected chi connectivity index (χ4v) is 2.27. The van der Waals surface area contributed by atoms with Gasteiger partial charge in [-0.05, 0) is 11.8 Å². The van der Waals surface area contributed by atoms with Crippen LogP contribution in [0.15, 0.2) is 0 Å². The van der Waals surface area contributed by atoms with Crippen molar-refractivity contribution in [1.82, 2.24) is 4.90 Å². The third-order valence-corrected chi connectivity index (χ3v) is 3.01. The molecule has 0 aromatic carbocycles.